The lowest BCUT2D eigenvalue weighted by Gasteiger charge is -2.10. The molecule has 162 valence electrons. The van der Waals surface area contributed by atoms with E-state index in [9.17, 15) is 4.39 Å². The van der Waals surface area contributed by atoms with E-state index in [1.165, 1.54) is 12.1 Å². The van der Waals surface area contributed by atoms with Crippen molar-refractivity contribution in [1.82, 2.24) is 19.1 Å². The van der Waals surface area contributed by atoms with E-state index in [1.807, 2.05) is 42.8 Å². The van der Waals surface area contributed by atoms with Crippen LogP contribution in [0.4, 0.5) is 4.39 Å². The molecule has 0 unspecified atom stereocenters. The Labute approximate surface area is 186 Å². The number of aryl methyl sites for hydroxylation is 1. The van der Waals surface area contributed by atoms with E-state index in [1.54, 1.807) is 12.3 Å². The van der Waals surface area contributed by atoms with E-state index in [2.05, 4.69) is 27.7 Å². The van der Waals surface area contributed by atoms with Crippen LogP contribution < -0.4 is 0 Å². The molecule has 31 heavy (non-hydrogen) atoms. The summed E-state index contributed by atoms with van der Waals surface area (Å²) in [5, 5.41) is 4.12. The molecule has 4 aromatic rings. The van der Waals surface area contributed by atoms with Gasteiger partial charge in [0.25, 0.3) is 0 Å². The third kappa shape index (κ3) is 4.61. The average Bonchev–Trinajstić information content (AvgIpc) is 3.35. The van der Waals surface area contributed by atoms with Crippen LogP contribution in [0.3, 0.4) is 0 Å². The molecular weight excluding hydrogens is 417 g/mol. The van der Waals surface area contributed by atoms with Crippen LogP contribution in [0.15, 0.2) is 60.0 Å². The Kier molecular flexibility index (Phi) is 7.07. The zero-order chi connectivity index (χ0) is 21.1. The Morgan fingerprint density at radius 2 is 2.00 bits per heavy atom. The van der Waals surface area contributed by atoms with Gasteiger partial charge in [-0.25, -0.2) is 14.4 Å². The SMILES string of the molecule is CCO/N=C(\C)c1ccc2c(c1)nc(Cn1ccnc1-c1cccc(F)c1)n2CC.Cl. The Morgan fingerprint density at radius 3 is 2.74 bits per heavy atom. The largest absolute Gasteiger partial charge is 0.396 e. The molecule has 4 rings (SSSR count). The Balaban J connectivity index is 0.00000272. The van der Waals surface area contributed by atoms with Gasteiger partial charge in [0.15, 0.2) is 0 Å². The molecule has 0 fully saturated rings. The highest BCUT2D eigenvalue weighted by molar-refractivity contribution is 6.00. The summed E-state index contributed by atoms with van der Waals surface area (Å²) in [6.07, 6.45) is 3.62. The topological polar surface area (TPSA) is 57.2 Å². The van der Waals surface area contributed by atoms with Gasteiger partial charge in [-0.3, -0.25) is 0 Å². The molecule has 8 heteroatoms. The molecular formula is C23H25ClFN5O. The summed E-state index contributed by atoms with van der Waals surface area (Å²) in [6, 6.07) is 12.6. The number of fused-ring (bicyclic) bond motifs is 1. The van der Waals surface area contributed by atoms with Gasteiger partial charge in [0.05, 0.1) is 23.3 Å². The van der Waals surface area contributed by atoms with Crippen molar-refractivity contribution in [1.29, 1.82) is 0 Å². The first-order valence-electron chi connectivity index (χ1n) is 10.0. The van der Waals surface area contributed by atoms with E-state index in [0.29, 0.717) is 19.0 Å². The van der Waals surface area contributed by atoms with Gasteiger partial charge in [0.1, 0.15) is 24.1 Å². The fraction of sp³-hybridized carbons (Fsp3) is 0.261. The van der Waals surface area contributed by atoms with Gasteiger partial charge in [-0.2, -0.15) is 0 Å². The van der Waals surface area contributed by atoms with E-state index in [0.717, 1.165) is 40.2 Å². The fourth-order valence-corrected chi connectivity index (χ4v) is 3.57. The van der Waals surface area contributed by atoms with E-state index < -0.39 is 0 Å². The summed E-state index contributed by atoms with van der Waals surface area (Å²) in [7, 11) is 0. The molecule has 2 aromatic heterocycles. The Morgan fingerprint density at radius 1 is 1.16 bits per heavy atom. The number of aromatic nitrogens is 4. The second kappa shape index (κ2) is 9.75. The third-order valence-corrected chi connectivity index (χ3v) is 5.00. The van der Waals surface area contributed by atoms with Crippen LogP contribution in [0.2, 0.25) is 0 Å². The van der Waals surface area contributed by atoms with Crippen LogP contribution in [0.1, 0.15) is 32.2 Å². The molecule has 2 aromatic carbocycles. The number of hydrogen-bond acceptors (Lipinski definition) is 4. The summed E-state index contributed by atoms with van der Waals surface area (Å²) in [6.45, 7) is 7.79. The van der Waals surface area contributed by atoms with E-state index in [-0.39, 0.29) is 18.2 Å². The highest BCUT2D eigenvalue weighted by atomic mass is 35.5. The van der Waals surface area contributed by atoms with Crippen molar-refractivity contribution in [2.45, 2.75) is 33.9 Å². The Hall–Kier alpha value is -3.19. The van der Waals surface area contributed by atoms with Gasteiger partial charge in [-0.15, -0.1) is 12.4 Å². The van der Waals surface area contributed by atoms with Crippen LogP contribution in [0, 0.1) is 5.82 Å². The molecule has 2 heterocycles. The molecule has 0 aliphatic heterocycles. The summed E-state index contributed by atoms with van der Waals surface area (Å²) in [5.74, 6) is 1.35. The van der Waals surface area contributed by atoms with Gasteiger partial charge >= 0.3 is 0 Å². The number of imidazole rings is 2. The summed E-state index contributed by atoms with van der Waals surface area (Å²) in [5.41, 5.74) is 4.50. The van der Waals surface area contributed by atoms with E-state index in [4.69, 9.17) is 9.82 Å². The van der Waals surface area contributed by atoms with Crippen molar-refractivity contribution < 1.29 is 9.23 Å². The average molecular weight is 442 g/mol. The van der Waals surface area contributed by atoms with Crippen LogP contribution >= 0.6 is 12.4 Å². The zero-order valence-electron chi connectivity index (χ0n) is 17.7. The van der Waals surface area contributed by atoms with Gasteiger partial charge in [-0.1, -0.05) is 23.4 Å². The predicted molar refractivity (Wildman–Crippen MR) is 123 cm³/mol. The first-order chi connectivity index (χ1) is 14.6. The van der Waals surface area contributed by atoms with Crippen molar-refractivity contribution in [3.63, 3.8) is 0 Å². The minimum Gasteiger partial charge on any atom is -0.396 e. The minimum atomic E-state index is -0.278. The van der Waals surface area contributed by atoms with Gasteiger partial charge in [0, 0.05) is 30.1 Å². The van der Waals surface area contributed by atoms with Crippen molar-refractivity contribution in [3.05, 3.63) is 72.1 Å². The quantitative estimate of drug-likeness (QED) is 0.289. The molecule has 0 aliphatic rings. The molecule has 0 saturated carbocycles. The monoisotopic (exact) mass is 441 g/mol. The molecule has 0 radical (unpaired) electrons. The van der Waals surface area contributed by atoms with Gasteiger partial charge in [-0.05, 0) is 45.0 Å². The predicted octanol–water partition coefficient (Wildman–Crippen LogP) is 5.29. The molecule has 0 saturated heterocycles. The molecule has 0 aliphatic carbocycles. The molecule has 0 atom stereocenters. The van der Waals surface area contributed by atoms with Crippen molar-refractivity contribution in [3.8, 4) is 11.4 Å². The maximum Gasteiger partial charge on any atom is 0.140 e. The number of halogens is 2. The summed E-state index contributed by atoms with van der Waals surface area (Å²) >= 11 is 0. The maximum absolute atomic E-state index is 13.7. The number of benzene rings is 2. The van der Waals surface area contributed by atoms with Crippen LogP contribution in [-0.2, 0) is 17.9 Å². The Bertz CT molecular complexity index is 1210. The molecule has 0 spiro atoms. The lowest BCUT2D eigenvalue weighted by atomic mass is 10.1. The molecule has 0 bridgehead atoms. The smallest absolute Gasteiger partial charge is 0.140 e. The summed E-state index contributed by atoms with van der Waals surface area (Å²) in [4.78, 5) is 14.5. The van der Waals surface area contributed by atoms with Gasteiger partial charge < -0.3 is 14.0 Å². The fourth-order valence-electron chi connectivity index (χ4n) is 3.57. The van der Waals surface area contributed by atoms with Crippen molar-refractivity contribution >= 4 is 29.2 Å². The number of rotatable bonds is 7. The number of hydrogen-bond donors (Lipinski definition) is 0. The van der Waals surface area contributed by atoms with Crippen molar-refractivity contribution in [2.24, 2.45) is 5.16 Å². The lowest BCUT2D eigenvalue weighted by molar-refractivity contribution is 0.159. The lowest BCUT2D eigenvalue weighted by Crippen LogP contribution is -2.08. The minimum absolute atomic E-state index is 0. The molecule has 6 nitrogen and oxygen atoms in total. The van der Waals surface area contributed by atoms with Crippen LogP contribution in [0.5, 0.6) is 0 Å². The highest BCUT2D eigenvalue weighted by Crippen LogP contribution is 2.23. The number of oxime groups is 1. The standard InChI is InChI=1S/C23H24FN5O.ClH/c1-4-29-21-10-9-17(16(3)27-30-5-2)14-20(21)26-22(29)15-28-12-11-25-23(28)18-7-6-8-19(24)13-18;/h6-14H,4-5,15H2,1-3H3;1H/b27-16+;. The first kappa shape index (κ1) is 22.5. The molecule has 0 amide bonds. The normalized spacial score (nSPS) is 11.5. The maximum atomic E-state index is 13.7. The van der Waals surface area contributed by atoms with Gasteiger partial charge in [0.2, 0.25) is 0 Å². The van der Waals surface area contributed by atoms with Crippen LogP contribution in [-0.4, -0.2) is 31.4 Å². The van der Waals surface area contributed by atoms with Crippen LogP contribution in [0.25, 0.3) is 22.4 Å². The highest BCUT2D eigenvalue weighted by Gasteiger charge is 2.14. The zero-order valence-corrected chi connectivity index (χ0v) is 18.6. The first-order valence-corrected chi connectivity index (χ1v) is 10.0. The van der Waals surface area contributed by atoms with E-state index >= 15 is 0 Å². The second-order valence-corrected chi connectivity index (χ2v) is 6.96. The number of nitrogens with zero attached hydrogens (tertiary/aromatic N) is 5. The second-order valence-electron chi connectivity index (χ2n) is 6.96. The van der Waals surface area contributed by atoms with Crippen molar-refractivity contribution in [2.75, 3.05) is 6.61 Å². The molecule has 0 N–H and O–H groups in total. The third-order valence-electron chi connectivity index (χ3n) is 5.00. The summed E-state index contributed by atoms with van der Waals surface area (Å²) < 4.78 is 17.9.